The molecule has 0 aromatic heterocycles. The Morgan fingerprint density at radius 3 is 2.82 bits per heavy atom. The standard InChI is InChI=1S/C18H24N2O2/c19-16-10-18(16)7-4-13(5-8-18)20-17(21)15-3-1-2-12-11-22-9-6-14(12)15/h1-3,13,16H,4-11,19H2,(H,20,21). The van der Waals surface area contributed by atoms with Crippen LogP contribution in [-0.2, 0) is 17.8 Å². The molecule has 0 saturated heterocycles. The Morgan fingerprint density at radius 2 is 2.09 bits per heavy atom. The molecule has 4 rings (SSSR count). The third kappa shape index (κ3) is 2.44. The molecule has 1 aromatic carbocycles. The van der Waals surface area contributed by atoms with Crippen LogP contribution >= 0.6 is 0 Å². The number of benzene rings is 1. The molecule has 1 unspecified atom stereocenters. The zero-order valence-electron chi connectivity index (χ0n) is 12.9. The fourth-order valence-corrected chi connectivity index (χ4v) is 4.19. The van der Waals surface area contributed by atoms with Crippen LogP contribution < -0.4 is 11.1 Å². The lowest BCUT2D eigenvalue weighted by molar-refractivity contribution is 0.0908. The fourth-order valence-electron chi connectivity index (χ4n) is 4.19. The van der Waals surface area contributed by atoms with Crippen LogP contribution in [0.1, 0.15) is 53.6 Å². The number of fused-ring (bicyclic) bond motifs is 1. The number of rotatable bonds is 2. The lowest BCUT2D eigenvalue weighted by atomic mass is 9.82. The van der Waals surface area contributed by atoms with Crippen LogP contribution in [0.5, 0.6) is 0 Å². The molecule has 4 heteroatoms. The number of ether oxygens (including phenoxy) is 1. The van der Waals surface area contributed by atoms with Crippen molar-refractivity contribution in [3.63, 3.8) is 0 Å². The van der Waals surface area contributed by atoms with Crippen LogP contribution in [0.3, 0.4) is 0 Å². The molecule has 3 aliphatic rings. The fraction of sp³-hybridized carbons (Fsp3) is 0.611. The molecule has 0 radical (unpaired) electrons. The van der Waals surface area contributed by atoms with Crippen molar-refractivity contribution in [1.29, 1.82) is 0 Å². The van der Waals surface area contributed by atoms with Crippen molar-refractivity contribution in [3.05, 3.63) is 34.9 Å². The van der Waals surface area contributed by atoms with Gasteiger partial charge in [0.25, 0.3) is 5.91 Å². The van der Waals surface area contributed by atoms with E-state index in [9.17, 15) is 4.79 Å². The molecule has 22 heavy (non-hydrogen) atoms. The van der Waals surface area contributed by atoms with Gasteiger partial charge in [-0.2, -0.15) is 0 Å². The summed E-state index contributed by atoms with van der Waals surface area (Å²) in [6.45, 7) is 1.33. The van der Waals surface area contributed by atoms with Crippen molar-refractivity contribution in [3.8, 4) is 0 Å². The lowest BCUT2D eigenvalue weighted by Crippen LogP contribution is -2.39. The van der Waals surface area contributed by atoms with E-state index in [0.29, 0.717) is 30.7 Å². The smallest absolute Gasteiger partial charge is 0.251 e. The van der Waals surface area contributed by atoms with Crippen molar-refractivity contribution < 1.29 is 9.53 Å². The van der Waals surface area contributed by atoms with Crippen molar-refractivity contribution >= 4 is 5.91 Å². The maximum Gasteiger partial charge on any atom is 0.251 e. The molecule has 2 aliphatic carbocycles. The first kappa shape index (κ1) is 14.2. The van der Waals surface area contributed by atoms with E-state index >= 15 is 0 Å². The summed E-state index contributed by atoms with van der Waals surface area (Å²) in [6, 6.07) is 6.68. The van der Waals surface area contributed by atoms with E-state index in [-0.39, 0.29) is 5.91 Å². The largest absolute Gasteiger partial charge is 0.376 e. The summed E-state index contributed by atoms with van der Waals surface area (Å²) in [5.41, 5.74) is 9.63. The second kappa shape index (κ2) is 5.36. The normalized spacial score (nSPS) is 33.3. The Balaban J connectivity index is 1.43. The molecule has 2 fully saturated rings. The van der Waals surface area contributed by atoms with E-state index in [1.807, 2.05) is 12.1 Å². The number of nitrogens with one attached hydrogen (secondary N) is 1. The lowest BCUT2D eigenvalue weighted by Gasteiger charge is -2.30. The van der Waals surface area contributed by atoms with Crippen molar-refractivity contribution in [2.24, 2.45) is 11.1 Å². The molecule has 2 saturated carbocycles. The molecule has 1 spiro atoms. The van der Waals surface area contributed by atoms with E-state index in [0.717, 1.165) is 30.4 Å². The van der Waals surface area contributed by atoms with Crippen LogP contribution in [0, 0.1) is 5.41 Å². The minimum absolute atomic E-state index is 0.0831. The van der Waals surface area contributed by atoms with E-state index in [1.54, 1.807) is 0 Å². The highest BCUT2D eigenvalue weighted by Gasteiger charge is 2.52. The Hall–Kier alpha value is -1.39. The van der Waals surface area contributed by atoms with Crippen LogP contribution in [0.15, 0.2) is 18.2 Å². The highest BCUT2D eigenvalue weighted by atomic mass is 16.5. The van der Waals surface area contributed by atoms with E-state index < -0.39 is 0 Å². The van der Waals surface area contributed by atoms with Gasteiger partial charge in [-0.1, -0.05) is 12.1 Å². The first-order valence-electron chi connectivity index (χ1n) is 8.43. The van der Waals surface area contributed by atoms with Gasteiger partial charge in [0.15, 0.2) is 0 Å². The number of nitrogens with two attached hydrogens (primary N) is 1. The Labute approximate surface area is 131 Å². The van der Waals surface area contributed by atoms with Gasteiger partial charge in [0.05, 0.1) is 13.2 Å². The number of carbonyl (C=O) groups is 1. The first-order valence-corrected chi connectivity index (χ1v) is 8.43. The topological polar surface area (TPSA) is 64.3 Å². The first-order chi connectivity index (χ1) is 10.7. The van der Waals surface area contributed by atoms with E-state index in [4.69, 9.17) is 10.5 Å². The van der Waals surface area contributed by atoms with Crippen LogP contribution in [-0.4, -0.2) is 24.6 Å². The Morgan fingerprint density at radius 1 is 1.32 bits per heavy atom. The third-order valence-electron chi connectivity index (χ3n) is 5.84. The minimum atomic E-state index is 0.0831. The summed E-state index contributed by atoms with van der Waals surface area (Å²) < 4.78 is 5.48. The van der Waals surface area contributed by atoms with Crippen molar-refractivity contribution in [2.45, 2.75) is 57.2 Å². The van der Waals surface area contributed by atoms with Gasteiger partial charge in [0.1, 0.15) is 0 Å². The summed E-state index contributed by atoms with van der Waals surface area (Å²) in [5.74, 6) is 0.0831. The van der Waals surface area contributed by atoms with Gasteiger partial charge < -0.3 is 15.8 Å². The summed E-state index contributed by atoms with van der Waals surface area (Å²) in [4.78, 5) is 12.6. The molecule has 0 bridgehead atoms. The van der Waals surface area contributed by atoms with Gasteiger partial charge in [-0.3, -0.25) is 4.79 Å². The zero-order valence-corrected chi connectivity index (χ0v) is 12.9. The van der Waals surface area contributed by atoms with Crippen molar-refractivity contribution in [2.75, 3.05) is 6.61 Å². The second-order valence-electron chi connectivity index (χ2n) is 7.17. The summed E-state index contributed by atoms with van der Waals surface area (Å²) in [5, 5.41) is 3.25. The van der Waals surface area contributed by atoms with Gasteiger partial charge in [0, 0.05) is 17.6 Å². The highest BCUT2D eigenvalue weighted by Crippen LogP contribution is 2.55. The SMILES string of the molecule is NC1CC12CCC(NC(=O)c1cccc3c1CCOC3)CC2. The van der Waals surface area contributed by atoms with Gasteiger partial charge in [-0.05, 0) is 61.1 Å². The predicted octanol–water partition coefficient (Wildman–Crippen LogP) is 2.15. The Bertz CT molecular complexity index is 591. The van der Waals surface area contributed by atoms with E-state index in [2.05, 4.69) is 11.4 Å². The van der Waals surface area contributed by atoms with E-state index in [1.165, 1.54) is 24.8 Å². The minimum Gasteiger partial charge on any atom is -0.376 e. The maximum atomic E-state index is 12.6. The zero-order chi connectivity index (χ0) is 15.2. The average Bonchev–Trinajstić information content (AvgIpc) is 3.18. The summed E-state index contributed by atoms with van der Waals surface area (Å²) >= 11 is 0. The van der Waals surface area contributed by atoms with Gasteiger partial charge in [-0.25, -0.2) is 0 Å². The Kier molecular flexibility index (Phi) is 3.46. The maximum absolute atomic E-state index is 12.6. The highest BCUT2D eigenvalue weighted by molar-refractivity contribution is 5.96. The molecule has 1 heterocycles. The molecule has 118 valence electrons. The second-order valence-corrected chi connectivity index (χ2v) is 7.17. The molecule has 1 atom stereocenters. The molecule has 1 aliphatic heterocycles. The quantitative estimate of drug-likeness (QED) is 0.879. The van der Waals surface area contributed by atoms with Crippen LogP contribution in [0.2, 0.25) is 0 Å². The molecular weight excluding hydrogens is 276 g/mol. The van der Waals surface area contributed by atoms with Gasteiger partial charge >= 0.3 is 0 Å². The molecule has 3 N–H and O–H groups in total. The van der Waals surface area contributed by atoms with Crippen LogP contribution in [0.4, 0.5) is 0 Å². The number of hydrogen-bond donors (Lipinski definition) is 2. The van der Waals surface area contributed by atoms with Gasteiger partial charge in [-0.15, -0.1) is 0 Å². The number of carbonyl (C=O) groups excluding carboxylic acids is 1. The van der Waals surface area contributed by atoms with Crippen LogP contribution in [0.25, 0.3) is 0 Å². The summed E-state index contributed by atoms with van der Waals surface area (Å²) in [7, 11) is 0. The molecule has 4 nitrogen and oxygen atoms in total. The number of amides is 1. The monoisotopic (exact) mass is 300 g/mol. The molecule has 1 aromatic rings. The average molecular weight is 300 g/mol. The predicted molar refractivity (Wildman–Crippen MR) is 84.5 cm³/mol. The molecular formula is C18H24N2O2. The van der Waals surface area contributed by atoms with Gasteiger partial charge in [0.2, 0.25) is 0 Å². The summed E-state index contributed by atoms with van der Waals surface area (Å²) in [6.07, 6.45) is 6.48. The van der Waals surface area contributed by atoms with Crippen molar-refractivity contribution in [1.82, 2.24) is 5.32 Å². The number of hydrogen-bond acceptors (Lipinski definition) is 3. The molecule has 1 amide bonds. The third-order valence-corrected chi connectivity index (χ3v) is 5.84.